The van der Waals surface area contributed by atoms with Crippen LogP contribution in [-0.4, -0.2) is 29.4 Å². The number of aromatic nitrogens is 2. The zero-order chi connectivity index (χ0) is 19.0. The van der Waals surface area contributed by atoms with Crippen molar-refractivity contribution in [1.82, 2.24) is 9.97 Å². The molecule has 8 heteroatoms. The Bertz CT molecular complexity index is 1120. The summed E-state index contributed by atoms with van der Waals surface area (Å²) in [6.45, 7) is 0. The molecule has 27 heavy (non-hydrogen) atoms. The zero-order valence-electron chi connectivity index (χ0n) is 14.4. The van der Waals surface area contributed by atoms with Crippen LogP contribution in [0.5, 0.6) is 0 Å². The van der Waals surface area contributed by atoms with Crippen molar-refractivity contribution in [3.63, 3.8) is 0 Å². The van der Waals surface area contributed by atoms with Gasteiger partial charge in [0.1, 0.15) is 11.5 Å². The predicted octanol–water partition coefficient (Wildman–Crippen LogP) is 3.62. The number of fused-ring (bicyclic) bond motifs is 1. The maximum Gasteiger partial charge on any atom is 0.235 e. The number of ketones is 1. The van der Waals surface area contributed by atoms with Gasteiger partial charge in [0.2, 0.25) is 10.0 Å². The van der Waals surface area contributed by atoms with Crippen molar-refractivity contribution in [2.24, 2.45) is 0 Å². The molecule has 4 rings (SSSR count). The Morgan fingerprint density at radius 3 is 2.78 bits per heavy atom. The van der Waals surface area contributed by atoms with Crippen LogP contribution < -0.4 is 4.72 Å². The number of anilines is 1. The number of hydrogen-bond acceptors (Lipinski definition) is 4. The Kier molecular flexibility index (Phi) is 4.43. The Morgan fingerprint density at radius 1 is 1.22 bits per heavy atom. The number of aromatic amines is 1. The lowest BCUT2D eigenvalue weighted by atomic mass is 10.0. The number of benzene rings is 1. The van der Waals surface area contributed by atoms with E-state index in [0.29, 0.717) is 35.1 Å². The number of halogens is 1. The second-order valence-corrected chi connectivity index (χ2v) is 8.68. The van der Waals surface area contributed by atoms with Gasteiger partial charge in [0.25, 0.3) is 0 Å². The van der Waals surface area contributed by atoms with Crippen LogP contribution in [0.2, 0.25) is 0 Å². The molecule has 6 nitrogen and oxygen atoms in total. The number of nitrogens with one attached hydrogen (secondary N) is 2. The molecular weight excluding hydrogens is 369 g/mol. The van der Waals surface area contributed by atoms with E-state index >= 15 is 0 Å². The number of hydrogen-bond donors (Lipinski definition) is 2. The second kappa shape index (κ2) is 6.77. The molecule has 0 radical (unpaired) electrons. The fourth-order valence-electron chi connectivity index (χ4n) is 3.49. The molecule has 3 aromatic rings. The van der Waals surface area contributed by atoms with Crippen LogP contribution in [0.1, 0.15) is 41.6 Å². The first kappa shape index (κ1) is 17.7. The third-order valence-corrected chi connectivity index (χ3v) is 6.74. The molecule has 1 saturated carbocycles. The van der Waals surface area contributed by atoms with Crippen LogP contribution in [0.3, 0.4) is 0 Å². The SMILES string of the molecule is O=C(c1cccc(NS(=O)(=O)C2CCCC2)c1)c1c[nH]c2ncc(F)cc12. The topological polar surface area (TPSA) is 91.9 Å². The normalized spacial score (nSPS) is 15.3. The third-order valence-electron chi connectivity index (χ3n) is 4.87. The first-order valence-electron chi connectivity index (χ1n) is 8.73. The maximum absolute atomic E-state index is 13.5. The van der Waals surface area contributed by atoms with Crippen molar-refractivity contribution in [2.45, 2.75) is 30.9 Å². The van der Waals surface area contributed by atoms with Crippen molar-refractivity contribution in [1.29, 1.82) is 0 Å². The largest absolute Gasteiger partial charge is 0.345 e. The van der Waals surface area contributed by atoms with Gasteiger partial charge < -0.3 is 4.98 Å². The highest BCUT2D eigenvalue weighted by Gasteiger charge is 2.28. The van der Waals surface area contributed by atoms with Gasteiger partial charge in [0.05, 0.1) is 11.4 Å². The molecule has 1 aromatic carbocycles. The molecule has 0 amide bonds. The van der Waals surface area contributed by atoms with E-state index in [-0.39, 0.29) is 16.6 Å². The summed E-state index contributed by atoms with van der Waals surface area (Å²) in [5.41, 5.74) is 1.36. The van der Waals surface area contributed by atoms with E-state index in [0.717, 1.165) is 19.0 Å². The monoisotopic (exact) mass is 387 g/mol. The number of H-pyrrole nitrogens is 1. The molecule has 140 valence electrons. The fourth-order valence-corrected chi connectivity index (χ4v) is 5.07. The number of rotatable bonds is 5. The molecule has 1 fully saturated rings. The summed E-state index contributed by atoms with van der Waals surface area (Å²) in [5.74, 6) is -0.871. The van der Waals surface area contributed by atoms with Gasteiger partial charge in [-0.1, -0.05) is 25.0 Å². The van der Waals surface area contributed by atoms with Crippen LogP contribution in [0.15, 0.2) is 42.7 Å². The smallest absolute Gasteiger partial charge is 0.235 e. The Hall–Kier alpha value is -2.74. The van der Waals surface area contributed by atoms with Gasteiger partial charge in [-0.2, -0.15) is 0 Å². The highest BCUT2D eigenvalue weighted by Crippen LogP contribution is 2.27. The molecule has 0 spiro atoms. The van der Waals surface area contributed by atoms with Gasteiger partial charge in [-0.05, 0) is 31.0 Å². The second-order valence-electron chi connectivity index (χ2n) is 6.72. The minimum absolute atomic E-state index is 0.285. The average Bonchev–Trinajstić information content (AvgIpc) is 3.31. The van der Waals surface area contributed by atoms with Gasteiger partial charge in [-0.25, -0.2) is 17.8 Å². The van der Waals surface area contributed by atoms with Crippen LogP contribution in [0.4, 0.5) is 10.1 Å². The van der Waals surface area contributed by atoms with E-state index in [1.54, 1.807) is 18.2 Å². The minimum Gasteiger partial charge on any atom is -0.345 e. The fraction of sp³-hybridized carbons (Fsp3) is 0.263. The van der Waals surface area contributed by atoms with Gasteiger partial charge in [-0.3, -0.25) is 9.52 Å². The van der Waals surface area contributed by atoms with Crippen molar-refractivity contribution < 1.29 is 17.6 Å². The van der Waals surface area contributed by atoms with E-state index < -0.39 is 15.8 Å². The van der Waals surface area contributed by atoms with E-state index in [2.05, 4.69) is 14.7 Å². The highest BCUT2D eigenvalue weighted by atomic mass is 32.2. The molecule has 1 aliphatic carbocycles. The van der Waals surface area contributed by atoms with Gasteiger partial charge in [0, 0.05) is 28.4 Å². The summed E-state index contributed by atoms with van der Waals surface area (Å²) in [6, 6.07) is 7.58. The first-order valence-corrected chi connectivity index (χ1v) is 10.3. The minimum atomic E-state index is -3.48. The van der Waals surface area contributed by atoms with Crippen molar-refractivity contribution >= 4 is 32.5 Å². The average molecular weight is 387 g/mol. The highest BCUT2D eigenvalue weighted by molar-refractivity contribution is 7.93. The summed E-state index contributed by atoms with van der Waals surface area (Å²) in [4.78, 5) is 19.6. The Balaban J connectivity index is 1.63. The molecule has 0 bridgehead atoms. The standard InChI is InChI=1S/C19H18FN3O3S/c20-13-9-16-17(11-22-19(16)21-10-13)18(24)12-4-3-5-14(8-12)23-27(25,26)15-6-1-2-7-15/h3-5,8-11,15,23H,1-2,6-7H2,(H,21,22). The first-order chi connectivity index (χ1) is 12.9. The summed E-state index contributed by atoms with van der Waals surface area (Å²) < 4.78 is 41.0. The van der Waals surface area contributed by atoms with Crippen LogP contribution in [-0.2, 0) is 10.0 Å². The van der Waals surface area contributed by atoms with Crippen LogP contribution >= 0.6 is 0 Å². The molecule has 1 aliphatic rings. The van der Waals surface area contributed by atoms with E-state index in [1.807, 2.05) is 0 Å². The molecular formula is C19H18FN3O3S. The summed E-state index contributed by atoms with van der Waals surface area (Å²) >= 11 is 0. The molecule has 2 N–H and O–H groups in total. The summed E-state index contributed by atoms with van der Waals surface area (Å²) in [6.07, 6.45) is 5.69. The molecule has 0 aliphatic heterocycles. The third kappa shape index (κ3) is 3.44. The maximum atomic E-state index is 13.5. The van der Waals surface area contributed by atoms with Crippen molar-refractivity contribution in [2.75, 3.05) is 4.72 Å². The number of sulfonamides is 1. The number of carbonyl (C=O) groups is 1. The quantitative estimate of drug-likeness (QED) is 0.654. The molecule has 0 saturated heterocycles. The van der Waals surface area contributed by atoms with Gasteiger partial charge >= 0.3 is 0 Å². The summed E-state index contributed by atoms with van der Waals surface area (Å²) in [7, 11) is -3.48. The number of carbonyl (C=O) groups excluding carboxylic acids is 1. The number of nitrogens with zero attached hydrogens (tertiary/aromatic N) is 1. The van der Waals surface area contributed by atoms with Crippen LogP contribution in [0, 0.1) is 5.82 Å². The lowest BCUT2D eigenvalue weighted by Crippen LogP contribution is -2.25. The predicted molar refractivity (Wildman–Crippen MR) is 101 cm³/mol. The Morgan fingerprint density at radius 2 is 2.00 bits per heavy atom. The van der Waals surface area contributed by atoms with E-state index in [4.69, 9.17) is 0 Å². The van der Waals surface area contributed by atoms with Gasteiger partial charge in [-0.15, -0.1) is 0 Å². The lowest BCUT2D eigenvalue weighted by molar-refractivity contribution is 0.104. The molecule has 0 atom stereocenters. The van der Waals surface area contributed by atoms with Crippen molar-refractivity contribution in [3.05, 3.63) is 59.7 Å². The van der Waals surface area contributed by atoms with Gasteiger partial charge in [0.15, 0.2) is 5.78 Å². The number of pyridine rings is 1. The van der Waals surface area contributed by atoms with Crippen LogP contribution in [0.25, 0.3) is 11.0 Å². The molecule has 0 unspecified atom stereocenters. The van der Waals surface area contributed by atoms with E-state index in [9.17, 15) is 17.6 Å². The molecule has 2 aromatic heterocycles. The lowest BCUT2D eigenvalue weighted by Gasteiger charge is -2.14. The van der Waals surface area contributed by atoms with E-state index in [1.165, 1.54) is 18.3 Å². The Labute approximate surface area is 155 Å². The summed E-state index contributed by atoms with van der Waals surface area (Å²) in [5, 5.41) is -0.00327. The zero-order valence-corrected chi connectivity index (χ0v) is 15.2. The van der Waals surface area contributed by atoms with Crippen molar-refractivity contribution in [3.8, 4) is 0 Å². The molecule has 2 heterocycles.